The predicted octanol–water partition coefficient (Wildman–Crippen LogP) is 5.88. The van der Waals surface area contributed by atoms with Crippen molar-refractivity contribution in [1.82, 2.24) is 4.98 Å². The maximum absolute atomic E-state index is 12.3. The SMILES string of the molecule is COc1cc(/C=C(\C#N)c2nc3ccccc3o2)cc(Cl)c1OCC(=O)Nc1cccc(C)c1. The van der Waals surface area contributed by atoms with Crippen molar-refractivity contribution in [2.24, 2.45) is 0 Å². The van der Waals surface area contributed by atoms with Crippen LogP contribution in [0.4, 0.5) is 5.69 Å². The largest absolute Gasteiger partial charge is 0.493 e. The van der Waals surface area contributed by atoms with E-state index in [0.29, 0.717) is 28.1 Å². The zero-order valence-electron chi connectivity index (χ0n) is 18.5. The molecule has 4 aromatic rings. The molecule has 0 saturated heterocycles. The molecule has 0 aliphatic rings. The van der Waals surface area contributed by atoms with Gasteiger partial charge in [-0.25, -0.2) is 4.98 Å². The summed E-state index contributed by atoms with van der Waals surface area (Å²) in [4.78, 5) is 16.7. The Hall–Kier alpha value is -4.28. The monoisotopic (exact) mass is 473 g/mol. The highest BCUT2D eigenvalue weighted by Gasteiger charge is 2.16. The third kappa shape index (κ3) is 5.20. The molecular formula is C26H20ClN3O4. The van der Waals surface area contributed by atoms with E-state index in [1.54, 1.807) is 36.4 Å². The van der Waals surface area contributed by atoms with Gasteiger partial charge in [0, 0.05) is 5.69 Å². The molecular weight excluding hydrogens is 454 g/mol. The number of carbonyl (C=O) groups excluding carboxylic acids is 1. The van der Waals surface area contributed by atoms with Crippen LogP contribution in [0.2, 0.25) is 5.02 Å². The number of aryl methyl sites for hydroxylation is 1. The summed E-state index contributed by atoms with van der Waals surface area (Å²) in [5, 5.41) is 12.6. The molecule has 170 valence electrons. The first-order valence-corrected chi connectivity index (χ1v) is 10.7. The molecule has 0 bridgehead atoms. The number of methoxy groups -OCH3 is 1. The predicted molar refractivity (Wildman–Crippen MR) is 131 cm³/mol. The van der Waals surface area contributed by atoms with Crippen molar-refractivity contribution >= 4 is 45.9 Å². The molecule has 0 saturated carbocycles. The smallest absolute Gasteiger partial charge is 0.262 e. The lowest BCUT2D eigenvalue weighted by Crippen LogP contribution is -2.20. The van der Waals surface area contributed by atoms with E-state index in [-0.39, 0.29) is 34.8 Å². The second kappa shape index (κ2) is 10.1. The number of hydrogen-bond donors (Lipinski definition) is 1. The molecule has 1 heterocycles. The number of oxazole rings is 1. The van der Waals surface area contributed by atoms with Crippen LogP contribution in [0.3, 0.4) is 0 Å². The van der Waals surface area contributed by atoms with Crippen molar-refractivity contribution in [3.63, 3.8) is 0 Å². The summed E-state index contributed by atoms with van der Waals surface area (Å²) >= 11 is 6.43. The molecule has 0 unspecified atom stereocenters. The number of nitriles is 1. The topological polar surface area (TPSA) is 97.4 Å². The number of allylic oxidation sites excluding steroid dienone is 1. The van der Waals surface area contributed by atoms with Crippen molar-refractivity contribution < 1.29 is 18.7 Å². The van der Waals surface area contributed by atoms with E-state index in [1.807, 2.05) is 37.3 Å². The number of fused-ring (bicyclic) bond motifs is 1. The Morgan fingerprint density at radius 3 is 2.76 bits per heavy atom. The van der Waals surface area contributed by atoms with E-state index in [9.17, 15) is 10.1 Å². The van der Waals surface area contributed by atoms with Gasteiger partial charge in [-0.05, 0) is 60.5 Å². The van der Waals surface area contributed by atoms with Crippen LogP contribution in [0.25, 0.3) is 22.7 Å². The van der Waals surface area contributed by atoms with Crippen molar-refractivity contribution in [2.45, 2.75) is 6.92 Å². The fourth-order valence-corrected chi connectivity index (χ4v) is 3.59. The van der Waals surface area contributed by atoms with E-state index >= 15 is 0 Å². The Kier molecular flexibility index (Phi) is 6.81. The zero-order chi connectivity index (χ0) is 24.1. The lowest BCUT2D eigenvalue weighted by atomic mass is 10.1. The quantitative estimate of drug-likeness (QED) is 0.336. The van der Waals surface area contributed by atoms with Crippen molar-refractivity contribution in [2.75, 3.05) is 19.0 Å². The molecule has 34 heavy (non-hydrogen) atoms. The molecule has 4 rings (SSSR count). The third-order valence-electron chi connectivity index (χ3n) is 4.86. The number of benzene rings is 3. The first-order valence-electron chi connectivity index (χ1n) is 10.3. The standard InChI is InChI=1S/C26H20ClN3O4/c1-16-6-5-7-19(10-16)29-24(31)15-33-25-20(27)12-17(13-23(25)32-2)11-18(14-28)26-30-21-8-3-4-9-22(21)34-26/h3-13H,15H2,1-2H3,(H,29,31)/b18-11+. The summed E-state index contributed by atoms with van der Waals surface area (Å²) in [6.07, 6.45) is 1.59. The third-order valence-corrected chi connectivity index (χ3v) is 5.14. The van der Waals surface area contributed by atoms with Gasteiger partial charge in [0.2, 0.25) is 5.89 Å². The van der Waals surface area contributed by atoms with Crippen LogP contribution < -0.4 is 14.8 Å². The highest BCUT2D eigenvalue weighted by atomic mass is 35.5. The summed E-state index contributed by atoms with van der Waals surface area (Å²) in [6, 6.07) is 20.1. The lowest BCUT2D eigenvalue weighted by Gasteiger charge is -2.13. The molecule has 0 fully saturated rings. The van der Waals surface area contributed by atoms with Gasteiger partial charge >= 0.3 is 0 Å². The van der Waals surface area contributed by atoms with Crippen LogP contribution in [0.1, 0.15) is 17.0 Å². The Morgan fingerprint density at radius 1 is 1.21 bits per heavy atom. The Balaban J connectivity index is 1.54. The number of nitrogens with one attached hydrogen (secondary N) is 1. The lowest BCUT2D eigenvalue weighted by molar-refractivity contribution is -0.118. The van der Waals surface area contributed by atoms with E-state index < -0.39 is 0 Å². The molecule has 0 spiro atoms. The summed E-state index contributed by atoms with van der Waals surface area (Å²) in [5.41, 5.74) is 3.75. The van der Waals surface area contributed by atoms with Gasteiger partial charge in [-0.1, -0.05) is 35.9 Å². The van der Waals surface area contributed by atoms with Crippen LogP contribution in [-0.2, 0) is 4.79 Å². The highest BCUT2D eigenvalue weighted by Crippen LogP contribution is 2.37. The number of halogens is 1. The van der Waals surface area contributed by atoms with Gasteiger partial charge in [0.25, 0.3) is 5.91 Å². The van der Waals surface area contributed by atoms with Gasteiger partial charge in [-0.2, -0.15) is 5.26 Å². The first-order chi connectivity index (χ1) is 16.5. The molecule has 1 aromatic heterocycles. The molecule has 1 amide bonds. The summed E-state index contributed by atoms with van der Waals surface area (Å²) in [7, 11) is 1.46. The number of para-hydroxylation sites is 2. The number of rotatable bonds is 7. The van der Waals surface area contributed by atoms with Gasteiger partial charge in [0.05, 0.1) is 12.1 Å². The average molecular weight is 474 g/mol. The van der Waals surface area contributed by atoms with E-state index in [1.165, 1.54) is 7.11 Å². The van der Waals surface area contributed by atoms with Gasteiger partial charge in [0.1, 0.15) is 17.2 Å². The number of nitrogens with zero attached hydrogens (tertiary/aromatic N) is 2. The molecule has 1 N–H and O–H groups in total. The van der Waals surface area contributed by atoms with Crippen molar-refractivity contribution in [3.8, 4) is 17.6 Å². The summed E-state index contributed by atoms with van der Waals surface area (Å²) in [6.45, 7) is 1.68. The fourth-order valence-electron chi connectivity index (χ4n) is 3.32. The number of ether oxygens (including phenoxy) is 2. The number of carbonyl (C=O) groups is 1. The maximum atomic E-state index is 12.3. The molecule has 7 nitrogen and oxygen atoms in total. The highest BCUT2D eigenvalue weighted by molar-refractivity contribution is 6.32. The second-order valence-corrected chi connectivity index (χ2v) is 7.80. The van der Waals surface area contributed by atoms with E-state index in [2.05, 4.69) is 16.4 Å². The van der Waals surface area contributed by atoms with Crippen molar-refractivity contribution in [3.05, 3.63) is 82.7 Å². The Labute approximate surface area is 201 Å². The van der Waals surface area contributed by atoms with Gasteiger partial charge in [0.15, 0.2) is 23.7 Å². The number of aromatic nitrogens is 1. The second-order valence-electron chi connectivity index (χ2n) is 7.40. The average Bonchev–Trinajstić information content (AvgIpc) is 3.25. The van der Waals surface area contributed by atoms with Crippen LogP contribution in [0.5, 0.6) is 11.5 Å². The zero-order valence-corrected chi connectivity index (χ0v) is 19.2. The van der Waals surface area contributed by atoms with Gasteiger partial charge < -0.3 is 19.2 Å². The minimum absolute atomic E-state index is 0.201. The summed E-state index contributed by atoms with van der Waals surface area (Å²) in [5.74, 6) is 0.403. The Bertz CT molecular complexity index is 1400. The maximum Gasteiger partial charge on any atom is 0.262 e. The van der Waals surface area contributed by atoms with E-state index in [0.717, 1.165) is 5.56 Å². The van der Waals surface area contributed by atoms with Crippen LogP contribution in [0.15, 0.2) is 65.1 Å². The first kappa shape index (κ1) is 22.9. The number of amides is 1. The van der Waals surface area contributed by atoms with Crippen molar-refractivity contribution in [1.29, 1.82) is 5.26 Å². The number of hydrogen-bond acceptors (Lipinski definition) is 6. The molecule has 0 aliphatic carbocycles. The van der Waals surface area contributed by atoms with Gasteiger partial charge in [-0.3, -0.25) is 4.79 Å². The fraction of sp³-hybridized carbons (Fsp3) is 0.115. The molecule has 3 aromatic carbocycles. The minimum atomic E-state index is -0.338. The number of anilines is 1. The van der Waals surface area contributed by atoms with Crippen LogP contribution in [-0.4, -0.2) is 24.6 Å². The van der Waals surface area contributed by atoms with E-state index in [4.69, 9.17) is 25.5 Å². The molecule has 0 radical (unpaired) electrons. The summed E-state index contributed by atoms with van der Waals surface area (Å²) < 4.78 is 16.7. The van der Waals surface area contributed by atoms with Crippen LogP contribution >= 0.6 is 11.6 Å². The normalized spacial score (nSPS) is 11.2. The molecule has 0 atom stereocenters. The molecule has 0 aliphatic heterocycles. The van der Waals surface area contributed by atoms with Gasteiger partial charge in [-0.15, -0.1) is 0 Å². The Morgan fingerprint density at radius 2 is 2.03 bits per heavy atom. The molecule has 8 heteroatoms. The van der Waals surface area contributed by atoms with Crippen LogP contribution in [0, 0.1) is 18.3 Å². The minimum Gasteiger partial charge on any atom is -0.493 e.